The van der Waals surface area contributed by atoms with Crippen LogP contribution in [0.25, 0.3) is 10.9 Å². The van der Waals surface area contributed by atoms with E-state index in [1.807, 2.05) is 17.0 Å². The summed E-state index contributed by atoms with van der Waals surface area (Å²) >= 11 is 0. The van der Waals surface area contributed by atoms with Gasteiger partial charge in [-0.25, -0.2) is 0 Å². The number of carbonyl (C=O) groups excluding carboxylic acids is 1. The number of nitrogens with one attached hydrogen (secondary N) is 1. The molecule has 1 fully saturated rings. The van der Waals surface area contributed by atoms with Crippen LogP contribution in [-0.2, 0) is 11.2 Å². The fraction of sp³-hybridized carbons (Fsp3) is 0.412. The van der Waals surface area contributed by atoms with Crippen LogP contribution in [0.5, 0.6) is 0 Å². The second-order valence-corrected chi connectivity index (χ2v) is 6.24. The first-order valence-electron chi connectivity index (χ1n) is 8.22. The van der Waals surface area contributed by atoms with Gasteiger partial charge in [-0.05, 0) is 37.0 Å². The Morgan fingerprint density at radius 3 is 3.21 bits per heavy atom. The SMILES string of the molecule is CC(=O)N1CCCCC1c1nc(Cc2ccc3[nH]ncc3c2)no1. The molecule has 0 aliphatic carbocycles. The van der Waals surface area contributed by atoms with E-state index < -0.39 is 0 Å². The Morgan fingerprint density at radius 2 is 2.33 bits per heavy atom. The van der Waals surface area contributed by atoms with Crippen molar-refractivity contribution in [2.75, 3.05) is 6.54 Å². The molecule has 0 radical (unpaired) electrons. The number of hydrogen-bond donors (Lipinski definition) is 1. The predicted octanol–water partition coefficient (Wildman–Crippen LogP) is 2.61. The minimum atomic E-state index is -0.0890. The summed E-state index contributed by atoms with van der Waals surface area (Å²) in [5.41, 5.74) is 2.11. The molecule has 24 heavy (non-hydrogen) atoms. The average Bonchev–Trinajstić information content (AvgIpc) is 3.23. The molecule has 0 bridgehead atoms. The fourth-order valence-corrected chi connectivity index (χ4v) is 3.32. The van der Waals surface area contributed by atoms with Crippen molar-refractivity contribution in [3.63, 3.8) is 0 Å². The number of piperidine rings is 1. The highest BCUT2D eigenvalue weighted by Gasteiger charge is 2.30. The maximum Gasteiger partial charge on any atom is 0.249 e. The van der Waals surface area contributed by atoms with Crippen molar-refractivity contribution in [3.05, 3.63) is 41.7 Å². The lowest BCUT2D eigenvalue weighted by molar-refractivity contribution is -0.133. The first kappa shape index (κ1) is 14.9. The highest BCUT2D eigenvalue weighted by molar-refractivity contribution is 5.78. The van der Waals surface area contributed by atoms with Crippen LogP contribution in [0.15, 0.2) is 28.9 Å². The van der Waals surface area contributed by atoms with Gasteiger partial charge in [-0.3, -0.25) is 9.89 Å². The number of amides is 1. The lowest BCUT2D eigenvalue weighted by Crippen LogP contribution is -2.37. The van der Waals surface area contributed by atoms with Gasteiger partial charge >= 0.3 is 0 Å². The second kappa shape index (κ2) is 6.07. The quantitative estimate of drug-likeness (QED) is 0.799. The van der Waals surface area contributed by atoms with Crippen LogP contribution >= 0.6 is 0 Å². The largest absolute Gasteiger partial charge is 0.337 e. The second-order valence-electron chi connectivity index (χ2n) is 6.24. The van der Waals surface area contributed by atoms with Crippen molar-refractivity contribution < 1.29 is 9.32 Å². The zero-order chi connectivity index (χ0) is 16.5. The van der Waals surface area contributed by atoms with E-state index in [0.29, 0.717) is 18.1 Å². The average molecular weight is 325 g/mol. The van der Waals surface area contributed by atoms with Gasteiger partial charge in [0.2, 0.25) is 11.8 Å². The molecule has 7 nitrogen and oxygen atoms in total. The predicted molar refractivity (Wildman–Crippen MR) is 87.2 cm³/mol. The molecule has 3 aromatic rings. The third-order valence-electron chi connectivity index (χ3n) is 4.54. The molecule has 0 saturated carbocycles. The van der Waals surface area contributed by atoms with Crippen molar-refractivity contribution in [2.24, 2.45) is 0 Å². The molecule has 1 aliphatic heterocycles. The third kappa shape index (κ3) is 2.77. The van der Waals surface area contributed by atoms with Gasteiger partial charge in [0.15, 0.2) is 5.82 Å². The Balaban J connectivity index is 1.54. The summed E-state index contributed by atoms with van der Waals surface area (Å²) in [5, 5.41) is 12.1. The summed E-state index contributed by atoms with van der Waals surface area (Å²) in [7, 11) is 0. The summed E-state index contributed by atoms with van der Waals surface area (Å²) in [6.07, 6.45) is 5.37. The topological polar surface area (TPSA) is 87.9 Å². The molecule has 2 aromatic heterocycles. The Labute approximate surface area is 139 Å². The zero-order valence-corrected chi connectivity index (χ0v) is 13.5. The zero-order valence-electron chi connectivity index (χ0n) is 13.5. The van der Waals surface area contributed by atoms with Gasteiger partial charge in [-0.2, -0.15) is 10.1 Å². The highest BCUT2D eigenvalue weighted by Crippen LogP contribution is 2.30. The van der Waals surface area contributed by atoms with E-state index in [-0.39, 0.29) is 11.9 Å². The van der Waals surface area contributed by atoms with E-state index in [9.17, 15) is 4.79 Å². The normalized spacial score (nSPS) is 18.2. The molecule has 1 aromatic carbocycles. The highest BCUT2D eigenvalue weighted by atomic mass is 16.5. The van der Waals surface area contributed by atoms with Gasteiger partial charge < -0.3 is 9.42 Å². The Bertz CT molecular complexity index is 869. The maximum absolute atomic E-state index is 11.8. The molecule has 1 aliphatic rings. The van der Waals surface area contributed by atoms with Crippen molar-refractivity contribution in [3.8, 4) is 0 Å². The van der Waals surface area contributed by atoms with E-state index in [1.165, 1.54) is 0 Å². The van der Waals surface area contributed by atoms with E-state index in [2.05, 4.69) is 26.4 Å². The molecule has 1 atom stereocenters. The number of aromatic amines is 1. The Morgan fingerprint density at radius 1 is 1.42 bits per heavy atom. The molecular weight excluding hydrogens is 306 g/mol. The number of benzene rings is 1. The van der Waals surface area contributed by atoms with E-state index in [4.69, 9.17) is 4.52 Å². The molecule has 124 valence electrons. The van der Waals surface area contributed by atoms with Crippen LogP contribution in [0.2, 0.25) is 0 Å². The summed E-state index contributed by atoms with van der Waals surface area (Å²) in [5.74, 6) is 1.25. The van der Waals surface area contributed by atoms with Gasteiger partial charge in [-0.1, -0.05) is 11.2 Å². The fourth-order valence-electron chi connectivity index (χ4n) is 3.32. The van der Waals surface area contributed by atoms with Crippen LogP contribution in [0.4, 0.5) is 0 Å². The van der Waals surface area contributed by atoms with Gasteiger partial charge in [-0.15, -0.1) is 0 Å². The number of hydrogen-bond acceptors (Lipinski definition) is 5. The minimum Gasteiger partial charge on any atom is -0.337 e. The lowest BCUT2D eigenvalue weighted by Gasteiger charge is -2.32. The number of rotatable bonds is 3. The third-order valence-corrected chi connectivity index (χ3v) is 4.54. The van der Waals surface area contributed by atoms with Gasteiger partial charge in [0.25, 0.3) is 0 Å². The van der Waals surface area contributed by atoms with Crippen LogP contribution in [-0.4, -0.2) is 37.7 Å². The molecule has 0 spiro atoms. The molecule has 4 rings (SSSR count). The number of fused-ring (bicyclic) bond motifs is 1. The molecule has 1 saturated heterocycles. The standard InChI is InChI=1S/C17H19N5O2/c1-11(23)22-7-3-2-4-15(22)17-19-16(21-24-17)9-12-5-6-14-13(8-12)10-18-20-14/h5-6,8,10,15H,2-4,7,9H2,1H3,(H,18,20). The van der Waals surface area contributed by atoms with Crippen LogP contribution in [0.3, 0.4) is 0 Å². The lowest BCUT2D eigenvalue weighted by atomic mass is 10.0. The van der Waals surface area contributed by atoms with E-state index in [0.717, 1.165) is 42.3 Å². The van der Waals surface area contributed by atoms with Gasteiger partial charge in [0.1, 0.15) is 6.04 Å². The number of aromatic nitrogens is 4. The van der Waals surface area contributed by atoms with Crippen LogP contribution < -0.4 is 0 Å². The van der Waals surface area contributed by atoms with Crippen LogP contribution in [0.1, 0.15) is 49.5 Å². The number of H-pyrrole nitrogens is 1. The first-order chi connectivity index (χ1) is 11.7. The van der Waals surface area contributed by atoms with Crippen molar-refractivity contribution in [1.29, 1.82) is 0 Å². The number of nitrogens with zero attached hydrogens (tertiary/aromatic N) is 4. The Kier molecular flexibility index (Phi) is 3.76. The van der Waals surface area contributed by atoms with E-state index in [1.54, 1.807) is 13.1 Å². The van der Waals surface area contributed by atoms with Gasteiger partial charge in [0, 0.05) is 25.3 Å². The molecule has 3 heterocycles. The summed E-state index contributed by atoms with van der Waals surface area (Å²) in [6.45, 7) is 2.35. The molecule has 7 heteroatoms. The minimum absolute atomic E-state index is 0.0601. The number of likely N-dealkylation sites (tertiary alicyclic amines) is 1. The molecule has 1 N–H and O–H groups in total. The summed E-state index contributed by atoms with van der Waals surface area (Å²) in [4.78, 5) is 18.2. The maximum atomic E-state index is 11.8. The molecule has 1 unspecified atom stereocenters. The Hall–Kier alpha value is -2.70. The monoisotopic (exact) mass is 325 g/mol. The van der Waals surface area contributed by atoms with Crippen molar-refractivity contribution >= 4 is 16.8 Å². The molecular formula is C17H19N5O2. The molecule has 1 amide bonds. The van der Waals surface area contributed by atoms with Gasteiger partial charge in [0.05, 0.1) is 11.7 Å². The van der Waals surface area contributed by atoms with Crippen molar-refractivity contribution in [2.45, 2.75) is 38.6 Å². The smallest absolute Gasteiger partial charge is 0.249 e. The van der Waals surface area contributed by atoms with Crippen LogP contribution in [0, 0.1) is 0 Å². The van der Waals surface area contributed by atoms with Crippen molar-refractivity contribution in [1.82, 2.24) is 25.2 Å². The first-order valence-corrected chi connectivity index (χ1v) is 8.22. The summed E-state index contributed by atoms with van der Waals surface area (Å²) in [6, 6.07) is 6.00. The van der Waals surface area contributed by atoms with E-state index >= 15 is 0 Å². The number of carbonyl (C=O) groups is 1. The summed E-state index contributed by atoms with van der Waals surface area (Å²) < 4.78 is 5.46.